The molecule has 1 atom stereocenters. The van der Waals surface area contributed by atoms with Gasteiger partial charge in [-0.3, -0.25) is 0 Å². The van der Waals surface area contributed by atoms with E-state index in [2.05, 4.69) is 9.36 Å². The van der Waals surface area contributed by atoms with Gasteiger partial charge in [0.15, 0.2) is 6.04 Å². The van der Waals surface area contributed by atoms with E-state index in [9.17, 15) is 4.79 Å². The minimum Gasteiger partial charge on any atom is -0.480 e. The molecule has 7 heteroatoms. The van der Waals surface area contributed by atoms with Crippen LogP contribution in [0.15, 0.2) is 0 Å². The molecule has 17 heavy (non-hydrogen) atoms. The molecule has 0 aromatic carbocycles. The largest absolute Gasteiger partial charge is 0.480 e. The average molecular weight is 255 g/mol. The van der Waals surface area contributed by atoms with Gasteiger partial charge in [-0.05, 0) is 12.8 Å². The fourth-order valence-corrected chi connectivity index (χ4v) is 2.71. The van der Waals surface area contributed by atoms with Crippen LogP contribution in [0.5, 0.6) is 0 Å². The van der Waals surface area contributed by atoms with Gasteiger partial charge in [0.1, 0.15) is 5.82 Å². The summed E-state index contributed by atoms with van der Waals surface area (Å²) in [6, 6.07) is -0.635. The first-order chi connectivity index (χ1) is 8.25. The maximum absolute atomic E-state index is 11.1. The second kappa shape index (κ2) is 4.23. The van der Waals surface area contributed by atoms with Gasteiger partial charge < -0.3 is 14.7 Å². The van der Waals surface area contributed by atoms with Crippen LogP contribution < -0.4 is 4.90 Å². The number of aliphatic carboxylic acids is 1. The zero-order valence-corrected chi connectivity index (χ0v) is 10.0. The van der Waals surface area contributed by atoms with E-state index < -0.39 is 12.0 Å². The summed E-state index contributed by atoms with van der Waals surface area (Å²) in [6.07, 6.45) is 2.31. The lowest BCUT2D eigenvalue weighted by atomic mass is 10.2. The third-order valence-corrected chi connectivity index (χ3v) is 3.80. The predicted molar refractivity (Wildman–Crippen MR) is 61.5 cm³/mol. The highest BCUT2D eigenvalue weighted by Gasteiger charge is 2.33. The molecule has 6 nitrogen and oxygen atoms in total. The van der Waals surface area contributed by atoms with Crippen LogP contribution in [0.3, 0.4) is 0 Å². The summed E-state index contributed by atoms with van der Waals surface area (Å²) in [6.45, 7) is 1.33. The Labute approximate surface area is 102 Å². The molecule has 92 valence electrons. The number of aromatic nitrogens is 2. The molecule has 1 N–H and O–H groups in total. The Morgan fingerprint density at radius 1 is 1.53 bits per heavy atom. The van der Waals surface area contributed by atoms with Crippen molar-refractivity contribution in [1.29, 1.82) is 0 Å². The van der Waals surface area contributed by atoms with E-state index in [1.54, 1.807) is 4.90 Å². The highest BCUT2D eigenvalue weighted by Crippen LogP contribution is 2.40. The van der Waals surface area contributed by atoms with Crippen LogP contribution in [0.1, 0.15) is 24.6 Å². The molecule has 1 unspecified atom stereocenters. The zero-order chi connectivity index (χ0) is 11.8. The van der Waals surface area contributed by atoms with Crippen molar-refractivity contribution in [1.82, 2.24) is 9.36 Å². The molecule has 0 amide bonds. The number of carboxylic acids is 1. The van der Waals surface area contributed by atoms with Crippen molar-refractivity contribution in [3.63, 3.8) is 0 Å². The number of carboxylic acid groups (broad SMARTS) is 1. The molecule has 0 spiro atoms. The van der Waals surface area contributed by atoms with Gasteiger partial charge in [-0.15, -0.1) is 0 Å². The average Bonchev–Trinajstić information content (AvgIpc) is 3.07. The monoisotopic (exact) mass is 255 g/mol. The van der Waals surface area contributed by atoms with E-state index in [0.29, 0.717) is 24.2 Å². The first kappa shape index (κ1) is 10.9. The molecule has 3 rings (SSSR count). The third kappa shape index (κ3) is 2.12. The molecule has 1 aliphatic heterocycles. The Bertz CT molecular complexity index is 432. The Morgan fingerprint density at radius 3 is 3.06 bits per heavy atom. The molecular formula is C10H13N3O3S. The Balaban J connectivity index is 1.81. The van der Waals surface area contributed by atoms with Crippen LogP contribution in [0.25, 0.3) is 0 Å². The Hall–Kier alpha value is -1.21. The second-order valence-electron chi connectivity index (χ2n) is 4.33. The van der Waals surface area contributed by atoms with Crippen LogP contribution in [0.4, 0.5) is 5.13 Å². The maximum Gasteiger partial charge on any atom is 0.328 e. The van der Waals surface area contributed by atoms with Crippen LogP contribution in [-0.2, 0) is 9.53 Å². The standard InChI is InChI=1S/C10H13N3O3S/c14-9(15)7-5-16-4-3-13(7)10-11-8(12-17-10)6-1-2-6/h6-7H,1-5H2,(H,14,15). The summed E-state index contributed by atoms with van der Waals surface area (Å²) in [5.74, 6) is 0.512. The van der Waals surface area contributed by atoms with E-state index in [1.165, 1.54) is 11.5 Å². The molecule has 1 aliphatic carbocycles. The molecular weight excluding hydrogens is 242 g/mol. The summed E-state index contributed by atoms with van der Waals surface area (Å²) in [7, 11) is 0. The zero-order valence-electron chi connectivity index (χ0n) is 9.20. The number of carbonyl (C=O) groups is 1. The summed E-state index contributed by atoms with van der Waals surface area (Å²) in [5.41, 5.74) is 0. The van der Waals surface area contributed by atoms with Crippen molar-refractivity contribution in [2.45, 2.75) is 24.8 Å². The summed E-state index contributed by atoms with van der Waals surface area (Å²) in [5, 5.41) is 9.84. The lowest BCUT2D eigenvalue weighted by molar-refractivity contribution is -0.141. The van der Waals surface area contributed by atoms with Gasteiger partial charge >= 0.3 is 5.97 Å². The van der Waals surface area contributed by atoms with Crippen LogP contribution in [0.2, 0.25) is 0 Å². The highest BCUT2D eigenvalue weighted by molar-refractivity contribution is 7.09. The minimum absolute atomic E-state index is 0.216. The molecule has 0 bridgehead atoms. The van der Waals surface area contributed by atoms with Crippen molar-refractivity contribution in [3.05, 3.63) is 5.82 Å². The lowest BCUT2D eigenvalue weighted by Gasteiger charge is -2.32. The van der Waals surface area contributed by atoms with Gasteiger partial charge in [-0.2, -0.15) is 4.37 Å². The van der Waals surface area contributed by atoms with Gasteiger partial charge in [-0.25, -0.2) is 9.78 Å². The molecule has 1 aromatic heterocycles. The predicted octanol–water partition coefficient (Wildman–Crippen LogP) is 0.705. The van der Waals surface area contributed by atoms with Gasteiger partial charge in [-0.1, -0.05) is 0 Å². The fourth-order valence-electron chi connectivity index (χ4n) is 1.89. The quantitative estimate of drug-likeness (QED) is 0.857. The van der Waals surface area contributed by atoms with Crippen molar-refractivity contribution in [3.8, 4) is 0 Å². The SMILES string of the molecule is O=C(O)C1COCCN1c1nc(C2CC2)ns1. The molecule has 2 aliphatic rings. The molecule has 0 radical (unpaired) electrons. The number of morpholine rings is 1. The summed E-state index contributed by atoms with van der Waals surface area (Å²) >= 11 is 1.29. The second-order valence-corrected chi connectivity index (χ2v) is 5.06. The van der Waals surface area contributed by atoms with Crippen LogP contribution >= 0.6 is 11.5 Å². The number of nitrogens with zero attached hydrogens (tertiary/aromatic N) is 3. The molecule has 1 saturated carbocycles. The van der Waals surface area contributed by atoms with Crippen molar-refractivity contribution in [2.24, 2.45) is 0 Å². The Morgan fingerprint density at radius 2 is 2.35 bits per heavy atom. The first-order valence-electron chi connectivity index (χ1n) is 5.66. The van der Waals surface area contributed by atoms with Crippen molar-refractivity contribution < 1.29 is 14.6 Å². The van der Waals surface area contributed by atoms with E-state index in [1.807, 2.05) is 0 Å². The van der Waals surface area contributed by atoms with Crippen LogP contribution in [-0.4, -0.2) is 46.2 Å². The maximum atomic E-state index is 11.1. The highest BCUT2D eigenvalue weighted by atomic mass is 32.1. The molecule has 1 aromatic rings. The fraction of sp³-hybridized carbons (Fsp3) is 0.700. The number of hydrogen-bond acceptors (Lipinski definition) is 6. The van der Waals surface area contributed by atoms with E-state index >= 15 is 0 Å². The van der Waals surface area contributed by atoms with E-state index in [4.69, 9.17) is 9.84 Å². The molecule has 1 saturated heterocycles. The smallest absolute Gasteiger partial charge is 0.328 e. The lowest BCUT2D eigenvalue weighted by Crippen LogP contribution is -2.50. The topological polar surface area (TPSA) is 75.6 Å². The normalized spacial score (nSPS) is 24.9. The number of hydrogen-bond donors (Lipinski definition) is 1. The third-order valence-electron chi connectivity index (χ3n) is 3.03. The molecule has 2 fully saturated rings. The summed E-state index contributed by atoms with van der Waals surface area (Å²) < 4.78 is 9.50. The van der Waals surface area contributed by atoms with Crippen LogP contribution in [0, 0.1) is 0 Å². The van der Waals surface area contributed by atoms with Gasteiger partial charge in [0, 0.05) is 24.0 Å². The minimum atomic E-state index is -0.868. The van der Waals surface area contributed by atoms with Gasteiger partial charge in [0.25, 0.3) is 0 Å². The number of rotatable bonds is 3. The first-order valence-corrected chi connectivity index (χ1v) is 6.44. The van der Waals surface area contributed by atoms with Crippen molar-refractivity contribution >= 4 is 22.6 Å². The number of anilines is 1. The van der Waals surface area contributed by atoms with Crippen molar-refractivity contribution in [2.75, 3.05) is 24.7 Å². The molecule has 2 heterocycles. The van der Waals surface area contributed by atoms with Gasteiger partial charge in [0.2, 0.25) is 5.13 Å². The Kier molecular flexibility index (Phi) is 2.71. The summed E-state index contributed by atoms with van der Waals surface area (Å²) in [4.78, 5) is 17.4. The van der Waals surface area contributed by atoms with Gasteiger partial charge in [0.05, 0.1) is 13.2 Å². The number of ether oxygens (including phenoxy) is 1. The van der Waals surface area contributed by atoms with E-state index in [0.717, 1.165) is 18.7 Å². The van der Waals surface area contributed by atoms with E-state index in [-0.39, 0.29) is 6.61 Å².